The van der Waals surface area contributed by atoms with Crippen LogP contribution >= 0.6 is 0 Å². The van der Waals surface area contributed by atoms with Crippen LogP contribution in [0.4, 0.5) is 0 Å². The minimum absolute atomic E-state index is 0.0126. The van der Waals surface area contributed by atoms with Crippen LogP contribution in [-0.4, -0.2) is 46.1 Å². The first-order valence-electron chi connectivity index (χ1n) is 7.83. The van der Waals surface area contributed by atoms with Gasteiger partial charge in [-0.05, 0) is 45.1 Å². The number of carbonyl (C=O) groups is 2. The molecule has 0 aromatic carbocycles. The van der Waals surface area contributed by atoms with E-state index >= 15 is 0 Å². The van der Waals surface area contributed by atoms with Crippen LogP contribution in [0.1, 0.15) is 58.8 Å². The van der Waals surface area contributed by atoms with Gasteiger partial charge in [0, 0.05) is 6.54 Å². The molecule has 0 aliphatic carbocycles. The molecule has 20 heavy (non-hydrogen) atoms. The Bertz CT molecular complexity index is 391. The smallest absolute Gasteiger partial charge is 0.329 e. The van der Waals surface area contributed by atoms with Gasteiger partial charge >= 0.3 is 5.97 Å². The highest BCUT2D eigenvalue weighted by Gasteiger charge is 2.53. The SMILES string of the molecule is CCCC1(C(=O)N2CCCC2(CC)C(=O)O)CCCN1. The molecule has 2 aliphatic rings. The zero-order valence-electron chi connectivity index (χ0n) is 12.6. The molecule has 114 valence electrons. The van der Waals surface area contributed by atoms with Crippen LogP contribution in [0.3, 0.4) is 0 Å². The fourth-order valence-electron chi connectivity index (χ4n) is 3.91. The van der Waals surface area contributed by atoms with E-state index in [-0.39, 0.29) is 5.91 Å². The molecule has 2 fully saturated rings. The summed E-state index contributed by atoms with van der Waals surface area (Å²) in [6.45, 7) is 5.37. The Kier molecular flexibility index (Phi) is 4.37. The Labute approximate surface area is 120 Å². The molecule has 1 amide bonds. The fraction of sp³-hybridized carbons (Fsp3) is 0.867. The van der Waals surface area contributed by atoms with Gasteiger partial charge in [0.05, 0.1) is 5.54 Å². The number of likely N-dealkylation sites (tertiary alicyclic amines) is 1. The molecule has 2 atom stereocenters. The van der Waals surface area contributed by atoms with Crippen molar-refractivity contribution in [1.29, 1.82) is 0 Å². The summed E-state index contributed by atoms with van der Waals surface area (Å²) in [5.41, 5.74) is -1.50. The summed E-state index contributed by atoms with van der Waals surface area (Å²) in [6, 6.07) is 0. The molecule has 5 heteroatoms. The van der Waals surface area contributed by atoms with E-state index in [1.165, 1.54) is 0 Å². The second kappa shape index (κ2) is 5.72. The van der Waals surface area contributed by atoms with Gasteiger partial charge in [0.1, 0.15) is 5.54 Å². The molecule has 0 spiro atoms. The van der Waals surface area contributed by atoms with Gasteiger partial charge in [0.25, 0.3) is 0 Å². The Morgan fingerprint density at radius 1 is 1.25 bits per heavy atom. The molecule has 2 aliphatic heterocycles. The van der Waals surface area contributed by atoms with Crippen molar-refractivity contribution in [3.8, 4) is 0 Å². The van der Waals surface area contributed by atoms with Gasteiger partial charge in [0.15, 0.2) is 0 Å². The van der Waals surface area contributed by atoms with Crippen molar-refractivity contribution in [2.75, 3.05) is 13.1 Å². The summed E-state index contributed by atoms with van der Waals surface area (Å²) < 4.78 is 0. The van der Waals surface area contributed by atoms with Gasteiger partial charge in [-0.25, -0.2) is 4.79 Å². The first-order valence-corrected chi connectivity index (χ1v) is 7.83. The molecule has 5 nitrogen and oxygen atoms in total. The van der Waals surface area contributed by atoms with Crippen LogP contribution in [0.5, 0.6) is 0 Å². The quantitative estimate of drug-likeness (QED) is 0.806. The zero-order valence-corrected chi connectivity index (χ0v) is 12.6. The van der Waals surface area contributed by atoms with Crippen LogP contribution < -0.4 is 5.32 Å². The van der Waals surface area contributed by atoms with Gasteiger partial charge < -0.3 is 15.3 Å². The number of hydrogen-bond donors (Lipinski definition) is 2. The van der Waals surface area contributed by atoms with Gasteiger partial charge in [-0.15, -0.1) is 0 Å². The summed E-state index contributed by atoms with van der Waals surface area (Å²) in [5.74, 6) is -0.839. The number of rotatable bonds is 5. The Hall–Kier alpha value is -1.10. The van der Waals surface area contributed by atoms with Crippen molar-refractivity contribution in [2.45, 2.75) is 69.9 Å². The highest BCUT2D eigenvalue weighted by Crippen LogP contribution is 2.37. The number of carboxylic acid groups (broad SMARTS) is 1. The molecule has 0 bridgehead atoms. The van der Waals surface area contributed by atoms with E-state index in [1.807, 2.05) is 6.92 Å². The maximum absolute atomic E-state index is 13.0. The monoisotopic (exact) mass is 282 g/mol. The van der Waals surface area contributed by atoms with Gasteiger partial charge in [-0.1, -0.05) is 20.3 Å². The molecule has 2 rings (SSSR count). The predicted molar refractivity (Wildman–Crippen MR) is 76.5 cm³/mol. The molecule has 2 heterocycles. The maximum atomic E-state index is 13.0. The van der Waals surface area contributed by atoms with E-state index in [9.17, 15) is 14.7 Å². The van der Waals surface area contributed by atoms with Crippen LogP contribution in [0.25, 0.3) is 0 Å². The minimum Gasteiger partial charge on any atom is -0.479 e. The third-order valence-electron chi connectivity index (χ3n) is 5.05. The Morgan fingerprint density at radius 3 is 2.50 bits per heavy atom. The van der Waals surface area contributed by atoms with Crippen molar-refractivity contribution in [3.05, 3.63) is 0 Å². The maximum Gasteiger partial charge on any atom is 0.329 e. The largest absolute Gasteiger partial charge is 0.479 e. The second-order valence-corrected chi connectivity index (χ2v) is 6.11. The lowest BCUT2D eigenvalue weighted by Gasteiger charge is -2.40. The minimum atomic E-state index is -0.984. The first kappa shape index (κ1) is 15.3. The average molecular weight is 282 g/mol. The van der Waals surface area contributed by atoms with Crippen LogP contribution in [0.15, 0.2) is 0 Å². The zero-order chi connectivity index (χ0) is 14.8. The summed E-state index contributed by atoms with van der Waals surface area (Å²) in [5, 5.41) is 13.0. The number of nitrogens with zero attached hydrogens (tertiary/aromatic N) is 1. The highest BCUT2D eigenvalue weighted by atomic mass is 16.4. The Morgan fingerprint density at radius 2 is 2.00 bits per heavy atom. The number of aliphatic carboxylic acids is 1. The van der Waals surface area contributed by atoms with E-state index in [4.69, 9.17) is 0 Å². The lowest BCUT2D eigenvalue weighted by atomic mass is 9.86. The van der Waals surface area contributed by atoms with E-state index in [2.05, 4.69) is 12.2 Å². The van der Waals surface area contributed by atoms with Gasteiger partial charge in [-0.2, -0.15) is 0 Å². The molecular formula is C15H26N2O3. The summed E-state index contributed by atoms with van der Waals surface area (Å²) in [6.07, 6.45) is 5.39. The molecule has 2 unspecified atom stereocenters. The molecule has 2 saturated heterocycles. The number of nitrogens with one attached hydrogen (secondary N) is 1. The van der Waals surface area contributed by atoms with E-state index in [0.717, 1.165) is 38.6 Å². The summed E-state index contributed by atoms with van der Waals surface area (Å²) >= 11 is 0. The number of amides is 1. The van der Waals surface area contributed by atoms with Gasteiger partial charge in [-0.3, -0.25) is 4.79 Å². The second-order valence-electron chi connectivity index (χ2n) is 6.11. The Balaban J connectivity index is 2.29. The molecular weight excluding hydrogens is 256 g/mol. The lowest BCUT2D eigenvalue weighted by Crippen LogP contribution is -2.62. The fourth-order valence-corrected chi connectivity index (χ4v) is 3.91. The molecule has 0 radical (unpaired) electrons. The third kappa shape index (κ3) is 2.22. The van der Waals surface area contributed by atoms with E-state index in [0.29, 0.717) is 19.4 Å². The summed E-state index contributed by atoms with van der Waals surface area (Å²) in [4.78, 5) is 26.4. The van der Waals surface area contributed by atoms with Crippen LogP contribution in [-0.2, 0) is 9.59 Å². The molecule has 0 aromatic rings. The molecule has 0 aromatic heterocycles. The summed E-state index contributed by atoms with van der Waals surface area (Å²) in [7, 11) is 0. The van der Waals surface area contributed by atoms with Crippen LogP contribution in [0.2, 0.25) is 0 Å². The topological polar surface area (TPSA) is 69.6 Å². The van der Waals surface area contributed by atoms with Crippen molar-refractivity contribution >= 4 is 11.9 Å². The van der Waals surface area contributed by atoms with Crippen molar-refractivity contribution < 1.29 is 14.7 Å². The van der Waals surface area contributed by atoms with E-state index < -0.39 is 17.0 Å². The van der Waals surface area contributed by atoms with Crippen molar-refractivity contribution in [3.63, 3.8) is 0 Å². The van der Waals surface area contributed by atoms with Gasteiger partial charge in [0.2, 0.25) is 5.91 Å². The number of carboxylic acids is 1. The van der Waals surface area contributed by atoms with Crippen molar-refractivity contribution in [1.82, 2.24) is 10.2 Å². The van der Waals surface area contributed by atoms with Crippen LogP contribution in [0, 0.1) is 0 Å². The molecule has 2 N–H and O–H groups in total. The normalized spacial score (nSPS) is 33.6. The molecule has 0 saturated carbocycles. The first-order chi connectivity index (χ1) is 9.52. The van der Waals surface area contributed by atoms with E-state index in [1.54, 1.807) is 4.90 Å². The standard InChI is InChI=1S/C15H26N2O3/c1-3-7-14(8-5-10-16-14)12(18)17-11-6-9-15(17,4-2)13(19)20/h16H,3-11H2,1-2H3,(H,19,20). The third-order valence-corrected chi connectivity index (χ3v) is 5.05. The highest BCUT2D eigenvalue weighted by molar-refractivity contribution is 5.93. The predicted octanol–water partition coefficient (Wildman–Crippen LogP) is 1.76. The lowest BCUT2D eigenvalue weighted by molar-refractivity contribution is -0.159. The number of hydrogen-bond acceptors (Lipinski definition) is 3. The number of carbonyl (C=O) groups excluding carboxylic acids is 1. The average Bonchev–Trinajstić information content (AvgIpc) is 3.05. The van der Waals surface area contributed by atoms with Crippen molar-refractivity contribution in [2.24, 2.45) is 0 Å².